The van der Waals surface area contributed by atoms with Crippen LogP contribution in [0.15, 0.2) is 39.5 Å². The molecule has 0 aliphatic carbocycles. The van der Waals surface area contributed by atoms with Gasteiger partial charge in [-0.15, -0.1) is 0 Å². The van der Waals surface area contributed by atoms with E-state index in [9.17, 15) is 4.79 Å². The smallest absolute Gasteiger partial charge is 0.342 e. The highest BCUT2D eigenvalue weighted by Crippen LogP contribution is 2.20. The normalized spacial score (nSPS) is 10.6. The molecule has 3 heteroatoms. The van der Waals surface area contributed by atoms with Crippen LogP contribution in [0.4, 0.5) is 0 Å². The zero-order valence-corrected chi connectivity index (χ0v) is 10.8. The zero-order chi connectivity index (χ0) is 13.1. The Morgan fingerprint density at radius 2 is 1.83 bits per heavy atom. The number of rotatable bonds is 3. The molecule has 0 spiro atoms. The molecule has 0 N–H and O–H groups in total. The fourth-order valence-corrected chi connectivity index (χ4v) is 1.81. The fraction of sp³-hybridized carbons (Fsp3) is 0.267. The van der Waals surface area contributed by atoms with Gasteiger partial charge in [-0.2, -0.15) is 0 Å². The summed E-state index contributed by atoms with van der Waals surface area (Å²) < 4.78 is 10.3. The van der Waals surface area contributed by atoms with Gasteiger partial charge in [-0.05, 0) is 25.5 Å². The van der Waals surface area contributed by atoms with Crippen LogP contribution in [0.2, 0.25) is 0 Å². The van der Waals surface area contributed by atoms with Crippen molar-refractivity contribution >= 4 is 0 Å². The highest BCUT2D eigenvalue weighted by Gasteiger charge is 2.09. The second kappa shape index (κ2) is 5.19. The van der Waals surface area contributed by atoms with Crippen molar-refractivity contribution in [2.24, 2.45) is 0 Å². The maximum absolute atomic E-state index is 11.8. The van der Waals surface area contributed by atoms with E-state index in [2.05, 4.69) is 0 Å². The molecule has 0 unspecified atom stereocenters. The SMILES string of the molecule is COCc1c(C)cc(-c2ccc(C)cc2)oc1=O. The van der Waals surface area contributed by atoms with Crippen molar-refractivity contribution in [1.82, 2.24) is 0 Å². The van der Waals surface area contributed by atoms with E-state index in [-0.39, 0.29) is 12.2 Å². The molecule has 1 heterocycles. The van der Waals surface area contributed by atoms with Gasteiger partial charge in [0, 0.05) is 12.7 Å². The van der Waals surface area contributed by atoms with Gasteiger partial charge in [0.1, 0.15) is 5.76 Å². The summed E-state index contributed by atoms with van der Waals surface area (Å²) in [6.07, 6.45) is 0. The number of methoxy groups -OCH3 is 1. The third kappa shape index (κ3) is 2.51. The molecular weight excluding hydrogens is 228 g/mol. The highest BCUT2D eigenvalue weighted by atomic mass is 16.5. The molecule has 0 aliphatic heterocycles. The monoisotopic (exact) mass is 244 g/mol. The molecule has 0 bridgehead atoms. The lowest BCUT2D eigenvalue weighted by Crippen LogP contribution is -2.11. The van der Waals surface area contributed by atoms with Crippen LogP contribution in [0, 0.1) is 13.8 Å². The summed E-state index contributed by atoms with van der Waals surface area (Å²) >= 11 is 0. The van der Waals surface area contributed by atoms with Crippen LogP contribution < -0.4 is 5.63 Å². The van der Waals surface area contributed by atoms with E-state index >= 15 is 0 Å². The predicted octanol–water partition coefficient (Wildman–Crippen LogP) is 3.07. The molecule has 0 radical (unpaired) electrons. The molecule has 18 heavy (non-hydrogen) atoms. The van der Waals surface area contributed by atoms with Crippen LogP contribution in [-0.4, -0.2) is 7.11 Å². The topological polar surface area (TPSA) is 39.4 Å². The number of hydrogen-bond acceptors (Lipinski definition) is 3. The van der Waals surface area contributed by atoms with Gasteiger partial charge < -0.3 is 9.15 Å². The highest BCUT2D eigenvalue weighted by molar-refractivity contribution is 5.58. The maximum atomic E-state index is 11.8. The Morgan fingerprint density at radius 3 is 2.39 bits per heavy atom. The molecule has 0 atom stereocenters. The van der Waals surface area contributed by atoms with Crippen LogP contribution in [0.5, 0.6) is 0 Å². The molecule has 2 rings (SSSR count). The van der Waals surface area contributed by atoms with E-state index in [1.54, 1.807) is 7.11 Å². The Hall–Kier alpha value is -1.87. The van der Waals surface area contributed by atoms with Crippen molar-refractivity contribution in [3.63, 3.8) is 0 Å². The maximum Gasteiger partial charge on any atom is 0.342 e. The minimum Gasteiger partial charge on any atom is -0.422 e. The summed E-state index contributed by atoms with van der Waals surface area (Å²) in [5, 5.41) is 0. The van der Waals surface area contributed by atoms with Gasteiger partial charge in [0.15, 0.2) is 0 Å². The van der Waals surface area contributed by atoms with E-state index in [1.165, 1.54) is 5.56 Å². The van der Waals surface area contributed by atoms with Gasteiger partial charge in [0.05, 0.1) is 12.2 Å². The molecule has 2 aromatic rings. The first-order valence-corrected chi connectivity index (χ1v) is 5.81. The summed E-state index contributed by atoms with van der Waals surface area (Å²) in [7, 11) is 1.56. The quantitative estimate of drug-likeness (QED) is 0.833. The Labute approximate surface area is 106 Å². The van der Waals surface area contributed by atoms with Crippen molar-refractivity contribution < 1.29 is 9.15 Å². The fourth-order valence-electron chi connectivity index (χ4n) is 1.81. The minimum absolute atomic E-state index is 0.280. The van der Waals surface area contributed by atoms with Gasteiger partial charge in [0.2, 0.25) is 0 Å². The first-order valence-electron chi connectivity index (χ1n) is 5.81. The van der Waals surface area contributed by atoms with Crippen molar-refractivity contribution in [3.8, 4) is 11.3 Å². The van der Waals surface area contributed by atoms with Gasteiger partial charge in [-0.3, -0.25) is 0 Å². The van der Waals surface area contributed by atoms with Crippen LogP contribution in [0.3, 0.4) is 0 Å². The van der Waals surface area contributed by atoms with Crippen LogP contribution >= 0.6 is 0 Å². The minimum atomic E-state index is -0.326. The second-order valence-electron chi connectivity index (χ2n) is 4.36. The second-order valence-corrected chi connectivity index (χ2v) is 4.36. The van der Waals surface area contributed by atoms with Crippen LogP contribution in [0.25, 0.3) is 11.3 Å². The molecule has 0 amide bonds. The van der Waals surface area contributed by atoms with Gasteiger partial charge in [-0.25, -0.2) is 4.79 Å². The summed E-state index contributed by atoms with van der Waals surface area (Å²) in [5.74, 6) is 0.595. The van der Waals surface area contributed by atoms with Crippen molar-refractivity contribution in [2.75, 3.05) is 7.11 Å². The molecule has 94 valence electrons. The van der Waals surface area contributed by atoms with Crippen LogP contribution in [0.1, 0.15) is 16.7 Å². The van der Waals surface area contributed by atoms with Crippen molar-refractivity contribution in [2.45, 2.75) is 20.5 Å². The van der Waals surface area contributed by atoms with Crippen LogP contribution in [-0.2, 0) is 11.3 Å². The number of benzene rings is 1. The van der Waals surface area contributed by atoms with E-state index in [1.807, 2.05) is 44.2 Å². The van der Waals surface area contributed by atoms with E-state index in [4.69, 9.17) is 9.15 Å². The third-order valence-electron chi connectivity index (χ3n) is 2.90. The molecule has 0 fully saturated rings. The lowest BCUT2D eigenvalue weighted by atomic mass is 10.1. The molecule has 0 saturated carbocycles. The summed E-state index contributed by atoms with van der Waals surface area (Å²) in [6.45, 7) is 4.19. The largest absolute Gasteiger partial charge is 0.422 e. The van der Waals surface area contributed by atoms with Gasteiger partial charge >= 0.3 is 5.63 Å². The molecule has 0 saturated heterocycles. The third-order valence-corrected chi connectivity index (χ3v) is 2.90. The first kappa shape index (κ1) is 12.6. The molecule has 0 aliphatic rings. The zero-order valence-electron chi connectivity index (χ0n) is 10.8. The molecule has 3 nitrogen and oxygen atoms in total. The van der Waals surface area contributed by atoms with E-state index in [0.717, 1.165) is 11.1 Å². The molecule has 1 aromatic heterocycles. The average molecular weight is 244 g/mol. The van der Waals surface area contributed by atoms with E-state index < -0.39 is 0 Å². The van der Waals surface area contributed by atoms with Gasteiger partial charge in [0.25, 0.3) is 0 Å². The first-order chi connectivity index (χ1) is 8.61. The standard InChI is InChI=1S/C15H16O3/c1-10-4-6-12(7-5-10)14-8-11(2)13(9-17-3)15(16)18-14/h4-8H,9H2,1-3H3. The van der Waals surface area contributed by atoms with Gasteiger partial charge in [-0.1, -0.05) is 29.8 Å². The Kier molecular flexibility index (Phi) is 3.63. The summed E-state index contributed by atoms with van der Waals surface area (Å²) in [5.41, 5.74) is 3.23. The molecule has 1 aromatic carbocycles. The number of aryl methyl sites for hydroxylation is 2. The lowest BCUT2D eigenvalue weighted by molar-refractivity contribution is 0.181. The lowest BCUT2D eigenvalue weighted by Gasteiger charge is -2.06. The Morgan fingerprint density at radius 1 is 1.17 bits per heavy atom. The summed E-state index contributed by atoms with van der Waals surface area (Å²) in [6, 6.07) is 9.76. The average Bonchev–Trinajstić information content (AvgIpc) is 2.34. The van der Waals surface area contributed by atoms with Crippen molar-refractivity contribution in [1.29, 1.82) is 0 Å². The van der Waals surface area contributed by atoms with Crippen molar-refractivity contribution in [3.05, 3.63) is 57.4 Å². The predicted molar refractivity (Wildman–Crippen MR) is 70.6 cm³/mol. The molecular formula is C15H16O3. The van der Waals surface area contributed by atoms with E-state index in [0.29, 0.717) is 11.3 Å². The Bertz CT molecular complexity index is 594. The number of hydrogen-bond donors (Lipinski definition) is 0. The Balaban J connectivity index is 2.48. The number of ether oxygens (including phenoxy) is 1. The summed E-state index contributed by atoms with van der Waals surface area (Å²) in [4.78, 5) is 11.8.